The predicted octanol–water partition coefficient (Wildman–Crippen LogP) is 3.15. The maximum Gasteiger partial charge on any atom is 0.257 e. The summed E-state index contributed by atoms with van der Waals surface area (Å²) >= 11 is 0. The van der Waals surface area contributed by atoms with Crippen LogP contribution in [0.3, 0.4) is 0 Å². The van der Waals surface area contributed by atoms with E-state index < -0.39 is 0 Å². The molecular formula is C28H31N7O2. The lowest BCUT2D eigenvalue weighted by Crippen LogP contribution is -2.29. The third kappa shape index (κ3) is 4.77. The van der Waals surface area contributed by atoms with Crippen molar-refractivity contribution in [3.05, 3.63) is 88.4 Å². The molecule has 4 aromatic rings. The van der Waals surface area contributed by atoms with E-state index in [-0.39, 0.29) is 11.5 Å². The van der Waals surface area contributed by atoms with Crippen LogP contribution in [0.5, 0.6) is 0 Å². The van der Waals surface area contributed by atoms with Crippen molar-refractivity contribution in [3.63, 3.8) is 0 Å². The molecule has 0 unspecified atom stereocenters. The molecule has 0 fully saturated rings. The largest absolute Gasteiger partial charge is 0.388 e. The Morgan fingerprint density at radius 2 is 1.97 bits per heavy atom. The molecule has 0 bridgehead atoms. The number of amides is 1. The molecule has 190 valence electrons. The van der Waals surface area contributed by atoms with Gasteiger partial charge in [-0.3, -0.25) is 24.0 Å². The second-order valence-electron chi connectivity index (χ2n) is 9.48. The van der Waals surface area contributed by atoms with Gasteiger partial charge < -0.3 is 14.8 Å². The van der Waals surface area contributed by atoms with Crippen LogP contribution in [0.25, 0.3) is 22.3 Å². The standard InChI is InChI=1S/C28H31N7O2/c1-29-21-10-14-35(26(36)15-21)25-7-11-30-27-23(25)16-22(33(27)4)18-34-12-8-19(9-13-34)24-6-5-20(17-31-24)28(37)32(2)3/h5-8,10-11,14-17,29H,9,12-13,18H2,1-4H3. The summed E-state index contributed by atoms with van der Waals surface area (Å²) in [6, 6.07) is 11.3. The normalized spacial score (nSPS) is 14.0. The van der Waals surface area contributed by atoms with Gasteiger partial charge in [0.15, 0.2) is 0 Å². The molecule has 0 spiro atoms. The molecule has 37 heavy (non-hydrogen) atoms. The van der Waals surface area contributed by atoms with Crippen LogP contribution in [0, 0.1) is 0 Å². The number of nitrogens with one attached hydrogen (secondary N) is 1. The van der Waals surface area contributed by atoms with E-state index in [9.17, 15) is 9.59 Å². The highest BCUT2D eigenvalue weighted by Crippen LogP contribution is 2.26. The number of aromatic nitrogens is 4. The van der Waals surface area contributed by atoms with Gasteiger partial charge in [0.25, 0.3) is 11.5 Å². The predicted molar refractivity (Wildman–Crippen MR) is 146 cm³/mol. The monoisotopic (exact) mass is 497 g/mol. The minimum atomic E-state index is -0.0915. The fourth-order valence-corrected chi connectivity index (χ4v) is 4.74. The molecule has 9 heteroatoms. The van der Waals surface area contributed by atoms with Gasteiger partial charge in [-0.2, -0.15) is 0 Å². The van der Waals surface area contributed by atoms with Crippen LogP contribution in [0.15, 0.2) is 65.9 Å². The zero-order valence-corrected chi connectivity index (χ0v) is 21.6. The Hall–Kier alpha value is -4.24. The van der Waals surface area contributed by atoms with Gasteiger partial charge in [0.05, 0.1) is 16.9 Å². The Balaban J connectivity index is 1.35. The Kier molecular flexibility index (Phi) is 6.62. The first-order valence-electron chi connectivity index (χ1n) is 12.3. The van der Waals surface area contributed by atoms with E-state index in [1.165, 1.54) is 5.57 Å². The Morgan fingerprint density at radius 1 is 1.14 bits per heavy atom. The summed E-state index contributed by atoms with van der Waals surface area (Å²) in [7, 11) is 7.30. The van der Waals surface area contributed by atoms with Crippen molar-refractivity contribution in [1.82, 2.24) is 28.9 Å². The van der Waals surface area contributed by atoms with Crippen LogP contribution in [0.4, 0.5) is 5.69 Å². The SMILES string of the molecule is CNc1ccn(-c2ccnc3c2cc(CN2CC=C(c4ccc(C(=O)N(C)C)cn4)CC2)n3C)c(=O)c1. The average Bonchev–Trinajstić information content (AvgIpc) is 3.24. The van der Waals surface area contributed by atoms with Crippen LogP contribution in [-0.2, 0) is 13.6 Å². The van der Waals surface area contributed by atoms with E-state index in [4.69, 9.17) is 0 Å². The van der Waals surface area contributed by atoms with Crippen molar-refractivity contribution in [3.8, 4) is 5.69 Å². The van der Waals surface area contributed by atoms with Gasteiger partial charge in [-0.05, 0) is 42.3 Å². The second-order valence-corrected chi connectivity index (χ2v) is 9.48. The van der Waals surface area contributed by atoms with Crippen LogP contribution < -0.4 is 10.9 Å². The smallest absolute Gasteiger partial charge is 0.257 e. The Labute approximate surface area is 215 Å². The lowest BCUT2D eigenvalue weighted by molar-refractivity contribution is 0.0827. The molecule has 5 heterocycles. The second kappa shape index (κ2) is 10.0. The molecule has 1 N–H and O–H groups in total. The molecule has 0 radical (unpaired) electrons. The lowest BCUT2D eigenvalue weighted by Gasteiger charge is -2.26. The number of fused-ring (bicyclic) bond motifs is 1. The summed E-state index contributed by atoms with van der Waals surface area (Å²) in [4.78, 5) is 37.9. The van der Waals surface area contributed by atoms with Gasteiger partial charge in [-0.15, -0.1) is 0 Å². The van der Waals surface area contributed by atoms with Gasteiger partial charge in [-0.25, -0.2) is 4.98 Å². The van der Waals surface area contributed by atoms with E-state index in [0.29, 0.717) is 5.56 Å². The first-order chi connectivity index (χ1) is 17.9. The molecular weight excluding hydrogens is 466 g/mol. The molecule has 0 atom stereocenters. The highest BCUT2D eigenvalue weighted by Gasteiger charge is 2.18. The first-order valence-corrected chi connectivity index (χ1v) is 12.3. The van der Waals surface area contributed by atoms with Crippen LogP contribution >= 0.6 is 0 Å². The minimum absolute atomic E-state index is 0.0460. The number of hydrogen-bond donors (Lipinski definition) is 1. The van der Waals surface area contributed by atoms with Gasteiger partial charge in [0, 0.05) is 89.2 Å². The van der Waals surface area contributed by atoms with Crippen molar-refractivity contribution in [2.75, 3.05) is 39.5 Å². The number of rotatable bonds is 6. The summed E-state index contributed by atoms with van der Waals surface area (Å²) in [6.07, 6.45) is 8.30. The van der Waals surface area contributed by atoms with Crippen molar-refractivity contribution in [2.45, 2.75) is 13.0 Å². The summed E-state index contributed by atoms with van der Waals surface area (Å²) in [5.74, 6) is -0.0460. The van der Waals surface area contributed by atoms with E-state index in [2.05, 4.69) is 36.9 Å². The van der Waals surface area contributed by atoms with E-state index in [1.807, 2.05) is 31.3 Å². The molecule has 0 aromatic carbocycles. The molecule has 1 amide bonds. The number of pyridine rings is 3. The molecule has 1 aliphatic heterocycles. The van der Waals surface area contributed by atoms with Crippen molar-refractivity contribution < 1.29 is 4.79 Å². The third-order valence-electron chi connectivity index (χ3n) is 6.90. The number of hydrogen-bond acceptors (Lipinski definition) is 6. The topological polar surface area (TPSA) is 88.3 Å². The first kappa shape index (κ1) is 24.5. The highest BCUT2D eigenvalue weighted by molar-refractivity contribution is 5.93. The van der Waals surface area contributed by atoms with Crippen molar-refractivity contribution >= 4 is 28.2 Å². The number of anilines is 1. The summed E-state index contributed by atoms with van der Waals surface area (Å²) in [6.45, 7) is 2.48. The zero-order valence-electron chi connectivity index (χ0n) is 21.6. The molecule has 5 rings (SSSR count). The lowest BCUT2D eigenvalue weighted by atomic mass is 10.0. The fourth-order valence-electron chi connectivity index (χ4n) is 4.74. The number of carbonyl (C=O) groups excluding carboxylic acids is 1. The third-order valence-corrected chi connectivity index (χ3v) is 6.90. The van der Waals surface area contributed by atoms with Gasteiger partial charge in [0.1, 0.15) is 5.65 Å². The van der Waals surface area contributed by atoms with Gasteiger partial charge >= 0.3 is 0 Å². The average molecular weight is 498 g/mol. The molecule has 1 aliphatic rings. The molecule has 0 saturated carbocycles. The highest BCUT2D eigenvalue weighted by atomic mass is 16.2. The van der Waals surface area contributed by atoms with Crippen LogP contribution in [-0.4, -0.2) is 69.0 Å². The molecule has 0 saturated heterocycles. The number of nitrogens with zero attached hydrogens (tertiary/aromatic N) is 6. The summed E-state index contributed by atoms with van der Waals surface area (Å²) < 4.78 is 3.77. The number of aryl methyl sites for hydroxylation is 1. The Bertz CT molecular complexity index is 1550. The summed E-state index contributed by atoms with van der Waals surface area (Å²) in [5.41, 5.74) is 6.21. The van der Waals surface area contributed by atoms with Crippen LogP contribution in [0.1, 0.15) is 28.2 Å². The minimum Gasteiger partial charge on any atom is -0.388 e. The molecule has 0 aliphatic carbocycles. The van der Waals surface area contributed by atoms with E-state index >= 15 is 0 Å². The fraction of sp³-hybridized carbons (Fsp3) is 0.286. The quantitative estimate of drug-likeness (QED) is 0.440. The van der Waals surface area contributed by atoms with Crippen molar-refractivity contribution in [2.24, 2.45) is 7.05 Å². The molecule has 9 nitrogen and oxygen atoms in total. The zero-order chi connectivity index (χ0) is 26.1. The number of carbonyl (C=O) groups is 1. The maximum absolute atomic E-state index is 12.7. The summed E-state index contributed by atoms with van der Waals surface area (Å²) in [5, 5.41) is 3.96. The van der Waals surface area contributed by atoms with Crippen molar-refractivity contribution in [1.29, 1.82) is 0 Å². The van der Waals surface area contributed by atoms with E-state index in [1.54, 1.807) is 55.3 Å². The maximum atomic E-state index is 12.7. The van der Waals surface area contributed by atoms with Gasteiger partial charge in [-0.1, -0.05) is 6.08 Å². The van der Waals surface area contributed by atoms with E-state index in [0.717, 1.165) is 59.9 Å². The van der Waals surface area contributed by atoms with Crippen LogP contribution in [0.2, 0.25) is 0 Å². The molecule has 4 aromatic heterocycles. The van der Waals surface area contributed by atoms with Gasteiger partial charge in [0.2, 0.25) is 0 Å². The Morgan fingerprint density at radius 3 is 2.62 bits per heavy atom.